The first kappa shape index (κ1) is 14.4. The van der Waals surface area contributed by atoms with Crippen molar-refractivity contribution in [3.05, 3.63) is 34.2 Å². The minimum Gasteiger partial charge on any atom is -0.367 e. The molecule has 0 saturated heterocycles. The Morgan fingerprint density at radius 3 is 2.85 bits per heavy atom. The van der Waals surface area contributed by atoms with Crippen LogP contribution in [0.15, 0.2) is 18.6 Å². The first-order chi connectivity index (χ1) is 9.70. The van der Waals surface area contributed by atoms with Crippen LogP contribution in [0.3, 0.4) is 0 Å². The highest BCUT2D eigenvalue weighted by Crippen LogP contribution is 2.18. The zero-order chi connectivity index (χ0) is 14.4. The molecule has 106 valence electrons. The Kier molecular flexibility index (Phi) is 5.00. The van der Waals surface area contributed by atoms with Crippen LogP contribution in [0.2, 0.25) is 0 Å². The third-order valence-corrected chi connectivity index (χ3v) is 3.93. The van der Waals surface area contributed by atoms with E-state index < -0.39 is 0 Å². The summed E-state index contributed by atoms with van der Waals surface area (Å²) >= 11 is 1.46. The number of hydrogen-bond donors (Lipinski definition) is 2. The highest BCUT2D eigenvalue weighted by atomic mass is 32.1. The Morgan fingerprint density at radius 1 is 1.35 bits per heavy atom. The summed E-state index contributed by atoms with van der Waals surface area (Å²) in [5, 5.41) is 6.94. The maximum Gasteiger partial charge on any atom is 0.263 e. The third kappa shape index (κ3) is 3.74. The summed E-state index contributed by atoms with van der Waals surface area (Å²) in [6.07, 6.45) is 5.73. The van der Waals surface area contributed by atoms with Crippen molar-refractivity contribution in [2.45, 2.75) is 20.3 Å². The molecule has 2 rings (SSSR count). The van der Waals surface area contributed by atoms with E-state index in [1.807, 2.05) is 13.8 Å². The lowest BCUT2D eigenvalue weighted by Gasteiger charge is -2.06. The average Bonchev–Trinajstić information content (AvgIpc) is 2.86. The molecule has 0 bridgehead atoms. The fourth-order valence-electron chi connectivity index (χ4n) is 1.65. The fraction of sp³-hybridized carbons (Fsp3) is 0.385. The van der Waals surface area contributed by atoms with Crippen LogP contribution in [0.25, 0.3) is 0 Å². The van der Waals surface area contributed by atoms with E-state index in [-0.39, 0.29) is 5.91 Å². The van der Waals surface area contributed by atoms with Crippen LogP contribution in [-0.2, 0) is 6.42 Å². The van der Waals surface area contributed by atoms with Gasteiger partial charge in [-0.1, -0.05) is 6.92 Å². The normalized spacial score (nSPS) is 10.3. The predicted octanol–water partition coefficient (Wildman–Crippen LogP) is 1.65. The van der Waals surface area contributed by atoms with Gasteiger partial charge >= 0.3 is 0 Å². The zero-order valence-corrected chi connectivity index (χ0v) is 12.3. The fourth-order valence-corrected chi connectivity index (χ4v) is 2.57. The van der Waals surface area contributed by atoms with E-state index in [9.17, 15) is 4.79 Å². The largest absolute Gasteiger partial charge is 0.367 e. The number of amides is 1. The number of aromatic nitrogens is 3. The monoisotopic (exact) mass is 291 g/mol. The van der Waals surface area contributed by atoms with Crippen molar-refractivity contribution in [2.24, 2.45) is 0 Å². The Morgan fingerprint density at radius 2 is 2.20 bits per heavy atom. The van der Waals surface area contributed by atoms with Crippen LogP contribution in [0.4, 0.5) is 5.82 Å². The van der Waals surface area contributed by atoms with Gasteiger partial charge in [0.2, 0.25) is 0 Å². The molecular weight excluding hydrogens is 274 g/mol. The molecule has 0 spiro atoms. The first-order valence-electron chi connectivity index (χ1n) is 6.45. The van der Waals surface area contributed by atoms with Crippen LogP contribution >= 0.6 is 11.3 Å². The highest BCUT2D eigenvalue weighted by molar-refractivity contribution is 7.13. The quantitative estimate of drug-likeness (QED) is 0.791. The van der Waals surface area contributed by atoms with Gasteiger partial charge in [0.05, 0.1) is 16.9 Å². The molecule has 0 aromatic carbocycles. The van der Waals surface area contributed by atoms with Gasteiger partial charge in [-0.3, -0.25) is 9.78 Å². The number of nitrogens with one attached hydrogen (secondary N) is 2. The van der Waals surface area contributed by atoms with Gasteiger partial charge < -0.3 is 10.6 Å². The van der Waals surface area contributed by atoms with Gasteiger partial charge in [-0.05, 0) is 13.3 Å². The number of nitrogens with zero attached hydrogens (tertiary/aromatic N) is 3. The van der Waals surface area contributed by atoms with Crippen LogP contribution in [0.5, 0.6) is 0 Å². The number of aryl methyl sites for hydroxylation is 2. The van der Waals surface area contributed by atoms with Crippen LogP contribution in [0.1, 0.15) is 27.3 Å². The molecule has 0 atom stereocenters. The number of thiazole rings is 1. The number of carbonyl (C=O) groups is 1. The second kappa shape index (κ2) is 6.95. The van der Waals surface area contributed by atoms with Crippen LogP contribution < -0.4 is 10.6 Å². The minimum atomic E-state index is -0.0688. The molecular formula is C13H17N5OS. The van der Waals surface area contributed by atoms with E-state index in [4.69, 9.17) is 0 Å². The van der Waals surface area contributed by atoms with E-state index in [0.29, 0.717) is 23.8 Å². The molecule has 7 heteroatoms. The molecule has 20 heavy (non-hydrogen) atoms. The molecule has 2 aromatic heterocycles. The summed E-state index contributed by atoms with van der Waals surface area (Å²) in [4.78, 5) is 25.1. The highest BCUT2D eigenvalue weighted by Gasteiger charge is 2.13. The van der Waals surface area contributed by atoms with E-state index in [0.717, 1.165) is 17.1 Å². The van der Waals surface area contributed by atoms with Gasteiger partial charge in [-0.25, -0.2) is 9.97 Å². The molecule has 2 aromatic rings. The van der Waals surface area contributed by atoms with Crippen molar-refractivity contribution >= 4 is 23.1 Å². The number of carbonyl (C=O) groups excluding carboxylic acids is 1. The lowest BCUT2D eigenvalue weighted by molar-refractivity contribution is 0.0958. The van der Waals surface area contributed by atoms with Gasteiger partial charge in [0.15, 0.2) is 0 Å². The Bertz CT molecular complexity index is 569. The molecule has 0 aliphatic rings. The second-order valence-corrected chi connectivity index (χ2v) is 5.23. The van der Waals surface area contributed by atoms with Gasteiger partial charge in [-0.2, -0.15) is 0 Å². The lowest BCUT2D eigenvalue weighted by Crippen LogP contribution is -2.28. The smallest absolute Gasteiger partial charge is 0.263 e. The number of hydrogen-bond acceptors (Lipinski definition) is 6. The first-order valence-corrected chi connectivity index (χ1v) is 7.26. The van der Waals surface area contributed by atoms with E-state index in [1.165, 1.54) is 11.3 Å². The standard InChI is InChI=1S/C13H17N5OS/c1-3-11-18-9(2)12(20-11)13(19)17-7-6-16-10-8-14-4-5-15-10/h4-5,8H,3,6-7H2,1-2H3,(H,15,16)(H,17,19). The minimum absolute atomic E-state index is 0.0688. The SMILES string of the molecule is CCc1nc(C)c(C(=O)NCCNc2cnccn2)s1. The van der Waals surface area contributed by atoms with Gasteiger partial charge in [-0.15, -0.1) is 11.3 Å². The Hall–Kier alpha value is -2.02. The summed E-state index contributed by atoms with van der Waals surface area (Å²) in [5.41, 5.74) is 0.797. The molecule has 6 nitrogen and oxygen atoms in total. The molecule has 0 aliphatic heterocycles. The van der Waals surface area contributed by atoms with Crippen molar-refractivity contribution in [3.8, 4) is 0 Å². The van der Waals surface area contributed by atoms with Gasteiger partial charge in [0.1, 0.15) is 10.7 Å². The van der Waals surface area contributed by atoms with E-state index >= 15 is 0 Å². The van der Waals surface area contributed by atoms with Crippen molar-refractivity contribution in [1.29, 1.82) is 0 Å². The van der Waals surface area contributed by atoms with E-state index in [2.05, 4.69) is 25.6 Å². The van der Waals surface area contributed by atoms with Gasteiger partial charge in [0, 0.05) is 25.5 Å². The second-order valence-electron chi connectivity index (χ2n) is 4.15. The maximum absolute atomic E-state index is 12.0. The molecule has 0 radical (unpaired) electrons. The molecule has 2 heterocycles. The van der Waals surface area contributed by atoms with Crippen LogP contribution in [-0.4, -0.2) is 33.9 Å². The topological polar surface area (TPSA) is 79.8 Å². The Labute approximate surface area is 121 Å². The molecule has 2 N–H and O–H groups in total. The third-order valence-electron chi connectivity index (χ3n) is 2.63. The van der Waals surface area contributed by atoms with Crippen molar-refractivity contribution < 1.29 is 4.79 Å². The summed E-state index contributed by atoms with van der Waals surface area (Å²) in [5.74, 6) is 0.629. The number of anilines is 1. The summed E-state index contributed by atoms with van der Waals surface area (Å²) in [6.45, 7) is 5.02. The molecule has 1 amide bonds. The van der Waals surface area contributed by atoms with Crippen molar-refractivity contribution in [1.82, 2.24) is 20.3 Å². The van der Waals surface area contributed by atoms with Crippen molar-refractivity contribution in [3.63, 3.8) is 0 Å². The predicted molar refractivity (Wildman–Crippen MR) is 79.1 cm³/mol. The Balaban J connectivity index is 1.79. The summed E-state index contributed by atoms with van der Waals surface area (Å²) in [6, 6.07) is 0. The molecule has 0 unspecified atom stereocenters. The van der Waals surface area contributed by atoms with Gasteiger partial charge in [0.25, 0.3) is 5.91 Å². The average molecular weight is 291 g/mol. The maximum atomic E-state index is 12.0. The van der Waals surface area contributed by atoms with Crippen molar-refractivity contribution in [2.75, 3.05) is 18.4 Å². The summed E-state index contributed by atoms with van der Waals surface area (Å²) < 4.78 is 0. The molecule has 0 saturated carbocycles. The lowest BCUT2D eigenvalue weighted by atomic mass is 10.3. The van der Waals surface area contributed by atoms with Crippen LogP contribution in [0, 0.1) is 6.92 Å². The molecule has 0 aliphatic carbocycles. The van der Waals surface area contributed by atoms with E-state index in [1.54, 1.807) is 18.6 Å². The number of rotatable bonds is 6. The molecule has 0 fully saturated rings. The zero-order valence-electron chi connectivity index (χ0n) is 11.5. The summed E-state index contributed by atoms with van der Waals surface area (Å²) in [7, 11) is 0.